The number of primary amides is 1. The van der Waals surface area contributed by atoms with Crippen LogP contribution in [-0.4, -0.2) is 33.6 Å². The Bertz CT molecular complexity index is 969. The smallest absolute Gasteiger partial charge is 0.259 e. The fourth-order valence-electron chi connectivity index (χ4n) is 2.68. The molecule has 0 saturated heterocycles. The number of hydrogen-bond donors (Lipinski definition) is 3. The zero-order chi connectivity index (χ0) is 19.9. The maximum Gasteiger partial charge on any atom is 0.259 e. The second-order valence-corrected chi connectivity index (χ2v) is 6.08. The quantitative estimate of drug-likeness (QED) is 0.555. The largest absolute Gasteiger partial charge is 0.493 e. The fourth-order valence-corrected chi connectivity index (χ4v) is 2.68. The molecule has 8 heteroatoms. The summed E-state index contributed by atoms with van der Waals surface area (Å²) in [5.74, 6) is -0.435. The lowest BCUT2D eigenvalue weighted by Crippen LogP contribution is -2.18. The van der Waals surface area contributed by atoms with Crippen molar-refractivity contribution < 1.29 is 14.3 Å². The van der Waals surface area contributed by atoms with Crippen LogP contribution in [0.2, 0.25) is 0 Å². The Labute approximate surface area is 162 Å². The minimum Gasteiger partial charge on any atom is -0.493 e. The number of H-pyrrole nitrogens is 1. The Morgan fingerprint density at radius 3 is 2.68 bits per heavy atom. The third kappa shape index (κ3) is 4.35. The second kappa shape index (κ2) is 8.81. The van der Waals surface area contributed by atoms with Crippen molar-refractivity contribution in [3.05, 3.63) is 59.9 Å². The number of pyridine rings is 1. The van der Waals surface area contributed by atoms with E-state index in [1.165, 1.54) is 0 Å². The molecule has 0 fully saturated rings. The molecule has 0 aliphatic rings. The van der Waals surface area contributed by atoms with E-state index >= 15 is 0 Å². The highest BCUT2D eigenvalue weighted by Gasteiger charge is 2.21. The Morgan fingerprint density at radius 2 is 1.96 bits per heavy atom. The van der Waals surface area contributed by atoms with Gasteiger partial charge in [-0.05, 0) is 30.7 Å². The first kappa shape index (κ1) is 19.1. The number of hydrogen-bond acceptors (Lipinski definition) is 5. The van der Waals surface area contributed by atoms with Gasteiger partial charge in [-0.15, -0.1) is 0 Å². The minimum atomic E-state index is -0.543. The molecule has 2 amide bonds. The molecule has 1 aromatic carbocycles. The maximum absolute atomic E-state index is 12.9. The van der Waals surface area contributed by atoms with Crippen molar-refractivity contribution in [1.82, 2.24) is 15.2 Å². The highest BCUT2D eigenvalue weighted by molar-refractivity contribution is 6.08. The zero-order valence-electron chi connectivity index (χ0n) is 15.4. The first-order valence-electron chi connectivity index (χ1n) is 8.90. The number of aromatic amines is 1. The Hall–Kier alpha value is -3.68. The van der Waals surface area contributed by atoms with E-state index in [2.05, 4.69) is 20.5 Å². The van der Waals surface area contributed by atoms with Gasteiger partial charge in [0.25, 0.3) is 5.91 Å². The van der Waals surface area contributed by atoms with Gasteiger partial charge in [0.15, 0.2) is 0 Å². The summed E-state index contributed by atoms with van der Waals surface area (Å²) >= 11 is 0. The molecule has 28 heavy (non-hydrogen) atoms. The molecule has 0 radical (unpaired) electrons. The lowest BCUT2D eigenvalue weighted by Gasteiger charge is -2.12. The van der Waals surface area contributed by atoms with Crippen LogP contribution in [0.3, 0.4) is 0 Å². The number of ether oxygens (including phenoxy) is 1. The number of para-hydroxylation sites is 1. The molecule has 0 atom stereocenters. The van der Waals surface area contributed by atoms with Gasteiger partial charge in [-0.3, -0.25) is 19.7 Å². The van der Waals surface area contributed by atoms with Gasteiger partial charge in [0.2, 0.25) is 5.91 Å². The van der Waals surface area contributed by atoms with Crippen molar-refractivity contribution in [2.75, 3.05) is 11.9 Å². The summed E-state index contributed by atoms with van der Waals surface area (Å²) in [6, 6.07) is 12.3. The highest BCUT2D eigenvalue weighted by atomic mass is 16.5. The summed E-state index contributed by atoms with van der Waals surface area (Å²) in [5.41, 5.74) is 7.47. The topological polar surface area (TPSA) is 123 Å². The van der Waals surface area contributed by atoms with Crippen LogP contribution in [0.15, 0.2) is 48.7 Å². The van der Waals surface area contributed by atoms with E-state index in [4.69, 9.17) is 10.5 Å². The third-order valence-electron chi connectivity index (χ3n) is 3.93. The molecule has 2 aromatic heterocycles. The number of nitrogens with one attached hydrogen (secondary N) is 2. The second-order valence-electron chi connectivity index (χ2n) is 6.08. The normalized spacial score (nSPS) is 10.5. The number of nitrogens with zero attached hydrogens (tertiary/aromatic N) is 2. The van der Waals surface area contributed by atoms with E-state index in [1.54, 1.807) is 42.6 Å². The van der Waals surface area contributed by atoms with Crippen molar-refractivity contribution in [3.8, 4) is 17.1 Å². The van der Waals surface area contributed by atoms with E-state index in [0.717, 1.165) is 6.42 Å². The Kier molecular flexibility index (Phi) is 6.01. The molecule has 144 valence electrons. The molecule has 0 unspecified atom stereocenters. The summed E-state index contributed by atoms with van der Waals surface area (Å²) < 4.78 is 5.67. The molecule has 0 spiro atoms. The first-order valence-corrected chi connectivity index (χ1v) is 8.90. The van der Waals surface area contributed by atoms with Crippen molar-refractivity contribution in [2.45, 2.75) is 19.8 Å². The Balaban J connectivity index is 1.96. The maximum atomic E-state index is 12.9. The van der Waals surface area contributed by atoms with Crippen LogP contribution in [0, 0.1) is 0 Å². The predicted octanol–water partition coefficient (Wildman–Crippen LogP) is 2.54. The predicted molar refractivity (Wildman–Crippen MR) is 105 cm³/mol. The van der Waals surface area contributed by atoms with Gasteiger partial charge >= 0.3 is 0 Å². The van der Waals surface area contributed by atoms with E-state index in [-0.39, 0.29) is 12.3 Å². The van der Waals surface area contributed by atoms with Crippen LogP contribution in [0.25, 0.3) is 11.4 Å². The van der Waals surface area contributed by atoms with Gasteiger partial charge in [-0.1, -0.05) is 25.1 Å². The van der Waals surface area contributed by atoms with Crippen LogP contribution in [-0.2, 0) is 11.2 Å². The SMILES string of the molecule is CCCOc1ccccc1C(=O)Nc1c(-c2ccccn2)n[nH]c1CC(N)=O. The van der Waals surface area contributed by atoms with Crippen molar-refractivity contribution >= 4 is 17.5 Å². The van der Waals surface area contributed by atoms with Crippen molar-refractivity contribution in [2.24, 2.45) is 5.73 Å². The zero-order valence-corrected chi connectivity index (χ0v) is 15.4. The monoisotopic (exact) mass is 379 g/mol. The highest BCUT2D eigenvalue weighted by Crippen LogP contribution is 2.29. The van der Waals surface area contributed by atoms with Gasteiger partial charge in [-0.25, -0.2) is 0 Å². The molecule has 0 aliphatic heterocycles. The molecular formula is C20H21N5O3. The lowest BCUT2D eigenvalue weighted by atomic mass is 10.1. The number of anilines is 1. The van der Waals surface area contributed by atoms with Crippen LogP contribution in [0.1, 0.15) is 29.4 Å². The summed E-state index contributed by atoms with van der Waals surface area (Å²) in [7, 11) is 0. The van der Waals surface area contributed by atoms with Crippen molar-refractivity contribution in [3.63, 3.8) is 0 Å². The van der Waals surface area contributed by atoms with Crippen molar-refractivity contribution in [1.29, 1.82) is 0 Å². The molecule has 8 nitrogen and oxygen atoms in total. The number of benzene rings is 1. The summed E-state index contributed by atoms with van der Waals surface area (Å²) in [5, 5.41) is 9.83. The number of amides is 2. The van der Waals surface area contributed by atoms with Crippen LogP contribution in [0.4, 0.5) is 5.69 Å². The first-order chi connectivity index (χ1) is 13.6. The summed E-state index contributed by atoms with van der Waals surface area (Å²) in [6.07, 6.45) is 2.35. The fraction of sp³-hybridized carbons (Fsp3) is 0.200. The number of carbonyl (C=O) groups excluding carboxylic acids is 2. The van der Waals surface area contributed by atoms with E-state index in [1.807, 2.05) is 13.0 Å². The number of carbonyl (C=O) groups is 2. The molecular weight excluding hydrogens is 358 g/mol. The van der Waals surface area contributed by atoms with E-state index in [0.29, 0.717) is 40.7 Å². The molecule has 0 bridgehead atoms. The molecule has 3 rings (SSSR count). The third-order valence-corrected chi connectivity index (χ3v) is 3.93. The molecule has 0 saturated carbocycles. The standard InChI is InChI=1S/C20H21N5O3/c1-2-11-28-16-9-4-3-7-13(16)20(27)23-18-15(12-17(21)26)24-25-19(18)14-8-5-6-10-22-14/h3-10H,2,11-12H2,1H3,(H2,21,26)(H,23,27)(H,24,25). The van der Waals surface area contributed by atoms with Crippen LogP contribution >= 0.6 is 0 Å². The lowest BCUT2D eigenvalue weighted by molar-refractivity contribution is -0.117. The van der Waals surface area contributed by atoms with E-state index < -0.39 is 5.91 Å². The minimum absolute atomic E-state index is 0.0938. The molecule has 0 aliphatic carbocycles. The Morgan fingerprint density at radius 1 is 1.18 bits per heavy atom. The average molecular weight is 379 g/mol. The number of rotatable bonds is 8. The van der Waals surface area contributed by atoms with E-state index in [9.17, 15) is 9.59 Å². The molecule has 2 heterocycles. The number of nitrogens with two attached hydrogens (primary N) is 1. The van der Waals surface area contributed by atoms with Gasteiger partial charge in [0.1, 0.15) is 11.4 Å². The molecule has 3 aromatic rings. The van der Waals surface area contributed by atoms with Gasteiger partial charge in [-0.2, -0.15) is 5.10 Å². The summed E-state index contributed by atoms with van der Waals surface area (Å²) in [4.78, 5) is 28.6. The number of aromatic nitrogens is 3. The van der Waals surface area contributed by atoms with Gasteiger partial charge in [0.05, 0.1) is 35.7 Å². The van der Waals surface area contributed by atoms with Gasteiger partial charge in [0, 0.05) is 6.20 Å². The van der Waals surface area contributed by atoms with Crippen LogP contribution < -0.4 is 15.8 Å². The van der Waals surface area contributed by atoms with Gasteiger partial charge < -0.3 is 15.8 Å². The van der Waals surface area contributed by atoms with Crippen LogP contribution in [0.5, 0.6) is 5.75 Å². The summed E-state index contributed by atoms with van der Waals surface area (Å²) in [6.45, 7) is 2.49. The molecule has 4 N–H and O–H groups in total. The average Bonchev–Trinajstić information content (AvgIpc) is 3.08.